The molecular formula is C12H11ClFN. The molecule has 0 spiro atoms. The van der Waals surface area contributed by atoms with Crippen LogP contribution in [0.15, 0.2) is 41.6 Å². The molecule has 0 radical (unpaired) electrons. The molecule has 0 amide bonds. The third kappa shape index (κ3) is 2.21. The lowest BCUT2D eigenvalue weighted by Gasteiger charge is -2.20. The van der Waals surface area contributed by atoms with Crippen molar-refractivity contribution >= 4 is 17.2 Å². The molecule has 2 rings (SSSR count). The van der Waals surface area contributed by atoms with E-state index in [1.807, 2.05) is 24.2 Å². The van der Waals surface area contributed by atoms with Gasteiger partial charge >= 0.3 is 0 Å². The lowest BCUT2D eigenvalue weighted by atomic mass is 10.0. The Morgan fingerprint density at radius 1 is 1.27 bits per heavy atom. The predicted molar refractivity (Wildman–Crippen MR) is 60.9 cm³/mol. The van der Waals surface area contributed by atoms with Crippen molar-refractivity contribution < 1.29 is 4.39 Å². The van der Waals surface area contributed by atoms with Gasteiger partial charge in [-0.15, -0.1) is 0 Å². The lowest BCUT2D eigenvalue weighted by molar-refractivity contribution is 0.502. The molecule has 0 aromatic heterocycles. The van der Waals surface area contributed by atoms with Gasteiger partial charge in [-0.25, -0.2) is 4.39 Å². The first-order valence-electron chi connectivity index (χ1n) is 4.70. The summed E-state index contributed by atoms with van der Waals surface area (Å²) in [5.74, 6) is -0.229. The molecule has 0 atom stereocenters. The zero-order chi connectivity index (χ0) is 10.8. The Morgan fingerprint density at radius 2 is 1.93 bits per heavy atom. The van der Waals surface area contributed by atoms with E-state index in [0.29, 0.717) is 6.54 Å². The van der Waals surface area contributed by atoms with Gasteiger partial charge in [0.15, 0.2) is 0 Å². The van der Waals surface area contributed by atoms with E-state index in [1.165, 1.54) is 12.1 Å². The fourth-order valence-electron chi connectivity index (χ4n) is 1.53. The van der Waals surface area contributed by atoms with Crippen molar-refractivity contribution in [3.63, 3.8) is 0 Å². The summed E-state index contributed by atoms with van der Waals surface area (Å²) in [7, 11) is 1.96. The fraction of sp³-hybridized carbons (Fsp3) is 0.167. The average Bonchev–Trinajstić information content (AvgIpc) is 2.20. The quantitative estimate of drug-likeness (QED) is 0.707. The minimum atomic E-state index is -0.229. The summed E-state index contributed by atoms with van der Waals surface area (Å²) in [4.78, 5) is 2.00. The Balaban J connectivity index is 2.36. The van der Waals surface area contributed by atoms with Crippen LogP contribution >= 0.6 is 11.6 Å². The van der Waals surface area contributed by atoms with E-state index in [-0.39, 0.29) is 5.82 Å². The monoisotopic (exact) mass is 223 g/mol. The van der Waals surface area contributed by atoms with Crippen molar-refractivity contribution in [3.05, 3.63) is 53.0 Å². The largest absolute Gasteiger partial charge is 0.375 e. The van der Waals surface area contributed by atoms with Crippen LogP contribution in [0.3, 0.4) is 0 Å². The van der Waals surface area contributed by atoms with Gasteiger partial charge < -0.3 is 4.90 Å². The number of halogens is 2. The van der Waals surface area contributed by atoms with Crippen LogP contribution in [0.4, 0.5) is 4.39 Å². The number of likely N-dealkylation sites (N-methyl/N-ethyl adjacent to an activating group) is 1. The molecule has 0 fully saturated rings. The highest BCUT2D eigenvalue weighted by Crippen LogP contribution is 2.26. The standard InChI is InChI=1S/C12H11ClFN/c1-15-7-6-11(12(13)8-15)9-2-4-10(14)5-3-9/h2-7H,8H2,1H3. The molecule has 1 aromatic carbocycles. The third-order valence-electron chi connectivity index (χ3n) is 2.33. The van der Waals surface area contributed by atoms with Crippen molar-refractivity contribution in [2.45, 2.75) is 0 Å². The highest BCUT2D eigenvalue weighted by molar-refractivity contribution is 6.33. The highest BCUT2D eigenvalue weighted by atomic mass is 35.5. The number of hydrogen-bond acceptors (Lipinski definition) is 1. The Hall–Kier alpha value is -1.28. The molecule has 0 saturated heterocycles. The lowest BCUT2D eigenvalue weighted by Crippen LogP contribution is -2.16. The van der Waals surface area contributed by atoms with Crippen LogP contribution < -0.4 is 0 Å². The number of nitrogens with zero attached hydrogens (tertiary/aromatic N) is 1. The van der Waals surface area contributed by atoms with E-state index in [2.05, 4.69) is 0 Å². The van der Waals surface area contributed by atoms with Crippen LogP contribution in [0.25, 0.3) is 5.57 Å². The smallest absolute Gasteiger partial charge is 0.123 e. The maximum Gasteiger partial charge on any atom is 0.123 e. The minimum Gasteiger partial charge on any atom is -0.375 e. The van der Waals surface area contributed by atoms with E-state index in [9.17, 15) is 4.39 Å². The van der Waals surface area contributed by atoms with Crippen molar-refractivity contribution in [2.24, 2.45) is 0 Å². The van der Waals surface area contributed by atoms with Crippen LogP contribution in [0.5, 0.6) is 0 Å². The molecule has 78 valence electrons. The van der Waals surface area contributed by atoms with Crippen molar-refractivity contribution in [1.82, 2.24) is 4.90 Å². The molecule has 1 aromatic rings. The molecule has 0 unspecified atom stereocenters. The molecule has 0 aliphatic carbocycles. The molecule has 0 N–H and O–H groups in total. The Labute approximate surface area is 93.5 Å². The molecule has 1 nitrogen and oxygen atoms in total. The highest BCUT2D eigenvalue weighted by Gasteiger charge is 2.10. The van der Waals surface area contributed by atoms with Crippen LogP contribution in [0.1, 0.15) is 5.56 Å². The normalized spacial score (nSPS) is 16.1. The van der Waals surface area contributed by atoms with Gasteiger partial charge in [-0.2, -0.15) is 0 Å². The maximum atomic E-state index is 12.7. The zero-order valence-corrected chi connectivity index (χ0v) is 9.13. The predicted octanol–water partition coefficient (Wildman–Crippen LogP) is 3.23. The molecule has 0 saturated carbocycles. The Kier molecular flexibility index (Phi) is 2.78. The van der Waals surface area contributed by atoms with Gasteiger partial charge in [0, 0.05) is 12.1 Å². The topological polar surface area (TPSA) is 3.24 Å². The van der Waals surface area contributed by atoms with Gasteiger partial charge in [0.05, 0.1) is 6.54 Å². The second-order valence-electron chi connectivity index (χ2n) is 3.56. The number of hydrogen-bond donors (Lipinski definition) is 0. The Bertz CT molecular complexity index is 420. The zero-order valence-electron chi connectivity index (χ0n) is 8.37. The van der Waals surface area contributed by atoms with Crippen LogP contribution in [-0.2, 0) is 0 Å². The van der Waals surface area contributed by atoms with Crippen LogP contribution in [-0.4, -0.2) is 18.5 Å². The fourth-order valence-corrected chi connectivity index (χ4v) is 1.89. The molecular weight excluding hydrogens is 213 g/mol. The van der Waals surface area contributed by atoms with Crippen LogP contribution in [0.2, 0.25) is 0 Å². The summed E-state index contributed by atoms with van der Waals surface area (Å²) in [5, 5.41) is 0.784. The first kappa shape index (κ1) is 10.2. The summed E-state index contributed by atoms with van der Waals surface area (Å²) in [5.41, 5.74) is 1.92. The van der Waals surface area contributed by atoms with Crippen molar-refractivity contribution in [2.75, 3.05) is 13.6 Å². The molecule has 15 heavy (non-hydrogen) atoms. The van der Waals surface area contributed by atoms with Crippen LogP contribution in [0, 0.1) is 5.82 Å². The van der Waals surface area contributed by atoms with Gasteiger partial charge in [0.2, 0.25) is 0 Å². The summed E-state index contributed by atoms with van der Waals surface area (Å²) in [6, 6.07) is 6.36. The third-order valence-corrected chi connectivity index (χ3v) is 2.65. The van der Waals surface area contributed by atoms with E-state index in [1.54, 1.807) is 12.1 Å². The van der Waals surface area contributed by atoms with E-state index in [0.717, 1.165) is 16.2 Å². The maximum absolute atomic E-state index is 12.7. The number of rotatable bonds is 1. The first-order valence-corrected chi connectivity index (χ1v) is 5.07. The van der Waals surface area contributed by atoms with Crippen molar-refractivity contribution in [3.8, 4) is 0 Å². The van der Waals surface area contributed by atoms with Gasteiger partial charge in [-0.05, 0) is 35.5 Å². The second-order valence-corrected chi connectivity index (χ2v) is 4.01. The first-order chi connectivity index (χ1) is 7.16. The molecule has 1 aliphatic heterocycles. The average molecular weight is 224 g/mol. The van der Waals surface area contributed by atoms with E-state index < -0.39 is 0 Å². The van der Waals surface area contributed by atoms with Gasteiger partial charge in [-0.1, -0.05) is 23.7 Å². The van der Waals surface area contributed by atoms with Gasteiger partial charge in [-0.3, -0.25) is 0 Å². The van der Waals surface area contributed by atoms with E-state index in [4.69, 9.17) is 11.6 Å². The molecule has 3 heteroatoms. The summed E-state index contributed by atoms with van der Waals surface area (Å²) in [6.45, 7) is 0.699. The number of allylic oxidation sites excluding steroid dienone is 2. The van der Waals surface area contributed by atoms with Crippen molar-refractivity contribution in [1.29, 1.82) is 0 Å². The Morgan fingerprint density at radius 3 is 2.53 bits per heavy atom. The summed E-state index contributed by atoms with van der Waals surface area (Å²) < 4.78 is 12.7. The second kappa shape index (κ2) is 4.07. The molecule has 1 heterocycles. The SMILES string of the molecule is CN1C=CC(c2ccc(F)cc2)=C(Cl)C1. The summed E-state index contributed by atoms with van der Waals surface area (Å²) >= 11 is 6.14. The number of benzene rings is 1. The summed E-state index contributed by atoms with van der Waals surface area (Å²) in [6.07, 6.45) is 3.91. The molecule has 1 aliphatic rings. The molecule has 0 bridgehead atoms. The van der Waals surface area contributed by atoms with Gasteiger partial charge in [0.25, 0.3) is 0 Å². The van der Waals surface area contributed by atoms with E-state index >= 15 is 0 Å². The van der Waals surface area contributed by atoms with Gasteiger partial charge in [0.1, 0.15) is 5.82 Å². The minimum absolute atomic E-state index is 0.229.